The Morgan fingerprint density at radius 3 is 2.61 bits per heavy atom. The molecule has 0 aliphatic heterocycles. The first-order chi connectivity index (χ1) is 8.54. The van der Waals surface area contributed by atoms with Gasteiger partial charge in [-0.15, -0.1) is 0 Å². The first kappa shape index (κ1) is 14.0. The Labute approximate surface area is 106 Å². The van der Waals surface area contributed by atoms with Crippen LogP contribution < -0.4 is 4.74 Å². The summed E-state index contributed by atoms with van der Waals surface area (Å²) in [6.07, 6.45) is 0.126. The van der Waals surface area contributed by atoms with Crippen molar-refractivity contribution in [1.29, 1.82) is 0 Å². The van der Waals surface area contributed by atoms with Gasteiger partial charge >= 0.3 is 12.1 Å². The third-order valence-electron chi connectivity index (χ3n) is 2.52. The molecule has 1 N–H and O–H groups in total. The zero-order chi connectivity index (χ0) is 13.5. The molecule has 0 unspecified atom stereocenters. The molecular formula is C13H17NO4. The SMILES string of the molecule is CCc1ccccc1OC(=O)N(C)CCC(=O)O. The van der Waals surface area contributed by atoms with Gasteiger partial charge in [0.15, 0.2) is 0 Å². The van der Waals surface area contributed by atoms with Crippen LogP contribution in [-0.2, 0) is 11.2 Å². The van der Waals surface area contributed by atoms with E-state index in [1.807, 2.05) is 19.1 Å². The van der Waals surface area contributed by atoms with Gasteiger partial charge in [0.25, 0.3) is 0 Å². The maximum atomic E-state index is 11.7. The number of carbonyl (C=O) groups excluding carboxylic acids is 1. The number of carboxylic acids is 1. The molecule has 5 nitrogen and oxygen atoms in total. The van der Waals surface area contributed by atoms with Crippen molar-refractivity contribution in [3.63, 3.8) is 0 Å². The summed E-state index contributed by atoms with van der Waals surface area (Å²) in [5.74, 6) is -0.421. The zero-order valence-electron chi connectivity index (χ0n) is 10.5. The van der Waals surface area contributed by atoms with Gasteiger partial charge in [-0.1, -0.05) is 25.1 Å². The van der Waals surface area contributed by atoms with Crippen molar-refractivity contribution in [2.45, 2.75) is 19.8 Å². The fraction of sp³-hybridized carbons (Fsp3) is 0.385. The number of aryl methyl sites for hydroxylation is 1. The van der Waals surface area contributed by atoms with E-state index < -0.39 is 12.1 Å². The van der Waals surface area contributed by atoms with Gasteiger partial charge in [0, 0.05) is 13.6 Å². The highest BCUT2D eigenvalue weighted by molar-refractivity contribution is 5.72. The largest absolute Gasteiger partial charge is 0.481 e. The Balaban J connectivity index is 2.60. The minimum Gasteiger partial charge on any atom is -0.481 e. The number of rotatable bonds is 5. The quantitative estimate of drug-likeness (QED) is 0.870. The van der Waals surface area contributed by atoms with E-state index >= 15 is 0 Å². The van der Waals surface area contributed by atoms with Gasteiger partial charge in [-0.05, 0) is 18.1 Å². The number of para-hydroxylation sites is 1. The molecule has 1 aromatic rings. The summed E-state index contributed by atoms with van der Waals surface area (Å²) in [5.41, 5.74) is 0.942. The summed E-state index contributed by atoms with van der Waals surface area (Å²) in [6.45, 7) is 2.10. The first-order valence-corrected chi connectivity index (χ1v) is 5.77. The average molecular weight is 251 g/mol. The van der Waals surface area contributed by atoms with Gasteiger partial charge in [-0.2, -0.15) is 0 Å². The second-order valence-electron chi connectivity index (χ2n) is 3.89. The Kier molecular flexibility index (Phi) is 5.17. The van der Waals surface area contributed by atoms with Gasteiger partial charge in [-0.3, -0.25) is 4.79 Å². The predicted molar refractivity (Wildman–Crippen MR) is 66.7 cm³/mol. The third-order valence-corrected chi connectivity index (χ3v) is 2.52. The lowest BCUT2D eigenvalue weighted by atomic mass is 10.1. The molecule has 1 amide bonds. The lowest BCUT2D eigenvalue weighted by molar-refractivity contribution is -0.137. The number of carboxylic acid groups (broad SMARTS) is 1. The second kappa shape index (κ2) is 6.64. The molecule has 0 atom stereocenters. The molecule has 0 radical (unpaired) electrons. The van der Waals surface area contributed by atoms with E-state index in [2.05, 4.69) is 0 Å². The number of aliphatic carboxylic acids is 1. The molecule has 0 saturated heterocycles. The zero-order valence-corrected chi connectivity index (χ0v) is 10.5. The summed E-state index contributed by atoms with van der Waals surface area (Å²) in [6, 6.07) is 7.28. The Morgan fingerprint density at radius 1 is 1.33 bits per heavy atom. The molecule has 5 heteroatoms. The standard InChI is InChI=1S/C13H17NO4/c1-3-10-6-4-5-7-11(10)18-13(17)14(2)9-8-12(15)16/h4-7H,3,8-9H2,1-2H3,(H,15,16). The fourth-order valence-electron chi connectivity index (χ4n) is 1.42. The number of amides is 1. The summed E-state index contributed by atoms with van der Waals surface area (Å²) in [5, 5.41) is 8.54. The molecule has 0 aliphatic carbocycles. The van der Waals surface area contributed by atoms with Crippen LogP contribution >= 0.6 is 0 Å². The molecule has 18 heavy (non-hydrogen) atoms. The van der Waals surface area contributed by atoms with Crippen molar-refractivity contribution in [2.75, 3.05) is 13.6 Å². The van der Waals surface area contributed by atoms with Crippen LogP contribution in [0, 0.1) is 0 Å². The highest BCUT2D eigenvalue weighted by atomic mass is 16.6. The highest BCUT2D eigenvalue weighted by Crippen LogP contribution is 2.18. The fourth-order valence-corrected chi connectivity index (χ4v) is 1.42. The minimum absolute atomic E-state index is 0.0962. The van der Waals surface area contributed by atoms with E-state index in [4.69, 9.17) is 9.84 Å². The van der Waals surface area contributed by atoms with Crippen molar-refractivity contribution in [3.05, 3.63) is 29.8 Å². The number of nitrogens with zero attached hydrogens (tertiary/aromatic N) is 1. The van der Waals surface area contributed by atoms with E-state index in [9.17, 15) is 9.59 Å². The van der Waals surface area contributed by atoms with Crippen LogP contribution in [0.5, 0.6) is 5.75 Å². The van der Waals surface area contributed by atoms with Crippen LogP contribution in [0.15, 0.2) is 24.3 Å². The van der Waals surface area contributed by atoms with Gasteiger partial charge in [0.05, 0.1) is 6.42 Å². The molecule has 0 spiro atoms. The van der Waals surface area contributed by atoms with E-state index in [1.165, 1.54) is 11.9 Å². The average Bonchev–Trinajstić information content (AvgIpc) is 2.36. The van der Waals surface area contributed by atoms with Gasteiger partial charge in [0.1, 0.15) is 5.75 Å². The number of carbonyl (C=O) groups is 2. The predicted octanol–water partition coefficient (Wildman–Crippen LogP) is 2.15. The maximum absolute atomic E-state index is 11.7. The van der Waals surface area contributed by atoms with E-state index in [-0.39, 0.29) is 13.0 Å². The monoisotopic (exact) mass is 251 g/mol. The van der Waals surface area contributed by atoms with Gasteiger partial charge in [-0.25, -0.2) is 4.79 Å². The first-order valence-electron chi connectivity index (χ1n) is 5.77. The van der Waals surface area contributed by atoms with Crippen LogP contribution in [0.25, 0.3) is 0 Å². The Bertz CT molecular complexity index is 431. The van der Waals surface area contributed by atoms with E-state index in [1.54, 1.807) is 12.1 Å². The molecule has 0 bridgehead atoms. The number of ether oxygens (including phenoxy) is 1. The topological polar surface area (TPSA) is 66.8 Å². The summed E-state index contributed by atoms with van der Waals surface area (Å²) >= 11 is 0. The summed E-state index contributed by atoms with van der Waals surface area (Å²) < 4.78 is 5.22. The van der Waals surface area contributed by atoms with Crippen LogP contribution in [0.1, 0.15) is 18.9 Å². The van der Waals surface area contributed by atoms with Crippen molar-refractivity contribution in [3.8, 4) is 5.75 Å². The lowest BCUT2D eigenvalue weighted by Gasteiger charge is -2.16. The number of hydrogen-bond donors (Lipinski definition) is 1. The molecule has 98 valence electrons. The molecule has 1 aromatic carbocycles. The summed E-state index contributed by atoms with van der Waals surface area (Å²) in [7, 11) is 1.51. The van der Waals surface area contributed by atoms with E-state index in [0.717, 1.165) is 12.0 Å². The molecule has 0 aliphatic rings. The van der Waals surface area contributed by atoms with Crippen molar-refractivity contribution in [1.82, 2.24) is 4.90 Å². The Morgan fingerprint density at radius 2 is 2.00 bits per heavy atom. The van der Waals surface area contributed by atoms with Crippen molar-refractivity contribution < 1.29 is 19.4 Å². The molecule has 0 fully saturated rings. The van der Waals surface area contributed by atoms with Crippen LogP contribution in [0.2, 0.25) is 0 Å². The normalized spacial score (nSPS) is 9.89. The lowest BCUT2D eigenvalue weighted by Crippen LogP contribution is -2.31. The number of benzene rings is 1. The van der Waals surface area contributed by atoms with Crippen LogP contribution in [0.4, 0.5) is 4.79 Å². The smallest absolute Gasteiger partial charge is 0.414 e. The maximum Gasteiger partial charge on any atom is 0.414 e. The third kappa shape index (κ3) is 4.08. The molecule has 0 saturated carbocycles. The van der Waals surface area contributed by atoms with E-state index in [0.29, 0.717) is 5.75 Å². The molecular weight excluding hydrogens is 234 g/mol. The molecule has 0 heterocycles. The Hall–Kier alpha value is -2.04. The van der Waals surface area contributed by atoms with Crippen LogP contribution in [0.3, 0.4) is 0 Å². The second-order valence-corrected chi connectivity index (χ2v) is 3.89. The van der Waals surface area contributed by atoms with Crippen molar-refractivity contribution in [2.24, 2.45) is 0 Å². The highest BCUT2D eigenvalue weighted by Gasteiger charge is 2.13. The minimum atomic E-state index is -0.941. The molecule has 1 rings (SSSR count). The summed E-state index contributed by atoms with van der Waals surface area (Å²) in [4.78, 5) is 23.4. The molecule has 0 aromatic heterocycles. The van der Waals surface area contributed by atoms with Crippen LogP contribution in [-0.4, -0.2) is 35.7 Å². The van der Waals surface area contributed by atoms with Crippen molar-refractivity contribution >= 4 is 12.1 Å². The van der Waals surface area contributed by atoms with Gasteiger partial charge in [0.2, 0.25) is 0 Å². The van der Waals surface area contributed by atoms with Gasteiger partial charge < -0.3 is 14.7 Å². The number of hydrogen-bond acceptors (Lipinski definition) is 3.